The second-order valence-electron chi connectivity index (χ2n) is 6.35. The monoisotopic (exact) mass is 314 g/mol. The number of rotatable bonds is 5. The second-order valence-corrected chi connectivity index (χ2v) is 6.35. The quantitative estimate of drug-likeness (QED) is 0.921. The van der Waals surface area contributed by atoms with Crippen LogP contribution in [0.3, 0.4) is 0 Å². The molecule has 5 heteroatoms. The standard InChI is InChI=1S/C18H26N4O/c1-13-8-9-16(23-3)15(11-13)12-19-14(2)18-21-20-17-7-5-4-6-10-22(17)18/h8-9,11,14,19H,4-7,10,12H2,1-3H3/t14-/m1/s1. The SMILES string of the molecule is COc1ccc(C)cc1CN[C@H](C)c1nnc2n1CCCCC2. The van der Waals surface area contributed by atoms with Gasteiger partial charge in [0.15, 0.2) is 0 Å². The smallest absolute Gasteiger partial charge is 0.149 e. The predicted molar refractivity (Wildman–Crippen MR) is 90.6 cm³/mol. The van der Waals surface area contributed by atoms with Crippen LogP contribution in [0, 0.1) is 6.92 Å². The Balaban J connectivity index is 1.72. The van der Waals surface area contributed by atoms with Crippen LogP contribution in [-0.2, 0) is 19.5 Å². The van der Waals surface area contributed by atoms with Gasteiger partial charge in [-0.25, -0.2) is 0 Å². The van der Waals surface area contributed by atoms with Crippen LogP contribution in [0.15, 0.2) is 18.2 Å². The molecule has 1 aliphatic heterocycles. The molecule has 0 spiro atoms. The number of fused-ring (bicyclic) bond motifs is 1. The molecule has 23 heavy (non-hydrogen) atoms. The Kier molecular flexibility index (Phi) is 4.96. The van der Waals surface area contributed by atoms with E-state index in [1.807, 2.05) is 6.07 Å². The highest BCUT2D eigenvalue weighted by Gasteiger charge is 2.19. The van der Waals surface area contributed by atoms with E-state index in [1.165, 1.54) is 30.4 Å². The summed E-state index contributed by atoms with van der Waals surface area (Å²) in [6.07, 6.45) is 4.77. The van der Waals surface area contributed by atoms with Gasteiger partial charge in [0.1, 0.15) is 17.4 Å². The molecule has 2 heterocycles. The molecule has 1 aromatic carbocycles. The largest absolute Gasteiger partial charge is 0.496 e. The Morgan fingerprint density at radius 2 is 2.13 bits per heavy atom. The predicted octanol–water partition coefficient (Wildman–Crippen LogP) is 3.17. The van der Waals surface area contributed by atoms with Gasteiger partial charge in [-0.2, -0.15) is 0 Å². The summed E-state index contributed by atoms with van der Waals surface area (Å²) in [6, 6.07) is 6.44. The molecule has 1 N–H and O–H groups in total. The third-order valence-electron chi connectivity index (χ3n) is 4.56. The van der Waals surface area contributed by atoms with E-state index >= 15 is 0 Å². The number of hydrogen-bond donors (Lipinski definition) is 1. The Morgan fingerprint density at radius 3 is 2.96 bits per heavy atom. The summed E-state index contributed by atoms with van der Waals surface area (Å²) in [7, 11) is 1.72. The van der Waals surface area contributed by atoms with E-state index in [2.05, 4.69) is 46.1 Å². The van der Waals surface area contributed by atoms with Gasteiger partial charge < -0.3 is 14.6 Å². The van der Waals surface area contributed by atoms with Crippen LogP contribution in [0.4, 0.5) is 0 Å². The normalized spacial score (nSPS) is 15.8. The molecule has 1 aromatic heterocycles. The minimum absolute atomic E-state index is 0.166. The van der Waals surface area contributed by atoms with E-state index in [1.54, 1.807) is 7.11 Å². The molecule has 2 aromatic rings. The van der Waals surface area contributed by atoms with Crippen molar-refractivity contribution in [3.05, 3.63) is 41.0 Å². The highest BCUT2D eigenvalue weighted by atomic mass is 16.5. The van der Waals surface area contributed by atoms with Crippen molar-refractivity contribution < 1.29 is 4.74 Å². The Labute approximate surface area is 138 Å². The average Bonchev–Trinajstić information content (AvgIpc) is 2.81. The topological polar surface area (TPSA) is 52.0 Å². The van der Waals surface area contributed by atoms with Crippen molar-refractivity contribution in [1.29, 1.82) is 0 Å². The molecular weight excluding hydrogens is 288 g/mol. The molecule has 0 saturated carbocycles. The zero-order valence-electron chi connectivity index (χ0n) is 14.3. The van der Waals surface area contributed by atoms with E-state index in [-0.39, 0.29) is 6.04 Å². The molecule has 1 aliphatic rings. The molecule has 0 saturated heterocycles. The number of aromatic nitrogens is 3. The van der Waals surface area contributed by atoms with Gasteiger partial charge in [-0.1, -0.05) is 24.1 Å². The highest BCUT2D eigenvalue weighted by Crippen LogP contribution is 2.22. The summed E-state index contributed by atoms with van der Waals surface area (Å²) >= 11 is 0. The Hall–Kier alpha value is -1.88. The third-order valence-corrected chi connectivity index (χ3v) is 4.56. The van der Waals surface area contributed by atoms with Crippen molar-refractivity contribution in [2.24, 2.45) is 0 Å². The summed E-state index contributed by atoms with van der Waals surface area (Å²) in [5.74, 6) is 3.11. The molecule has 5 nitrogen and oxygen atoms in total. The lowest BCUT2D eigenvalue weighted by molar-refractivity contribution is 0.404. The van der Waals surface area contributed by atoms with Gasteiger partial charge in [-0.05, 0) is 32.8 Å². The molecule has 0 amide bonds. The zero-order chi connectivity index (χ0) is 16.2. The molecule has 1 atom stereocenters. The second kappa shape index (κ2) is 7.13. The fourth-order valence-electron chi connectivity index (χ4n) is 3.23. The number of ether oxygens (including phenoxy) is 1. The number of aryl methyl sites for hydroxylation is 2. The van der Waals surface area contributed by atoms with E-state index in [9.17, 15) is 0 Å². The van der Waals surface area contributed by atoms with Crippen molar-refractivity contribution in [3.8, 4) is 5.75 Å². The minimum atomic E-state index is 0.166. The van der Waals surface area contributed by atoms with Crippen LogP contribution in [0.25, 0.3) is 0 Å². The summed E-state index contributed by atoms with van der Waals surface area (Å²) < 4.78 is 7.76. The van der Waals surface area contributed by atoms with Gasteiger partial charge in [0.25, 0.3) is 0 Å². The van der Waals surface area contributed by atoms with E-state index < -0.39 is 0 Å². The summed E-state index contributed by atoms with van der Waals surface area (Å²) in [4.78, 5) is 0. The molecule has 0 radical (unpaired) electrons. The van der Waals surface area contributed by atoms with Gasteiger partial charge in [-0.15, -0.1) is 10.2 Å². The molecule has 3 rings (SSSR count). The first kappa shape index (κ1) is 16.0. The minimum Gasteiger partial charge on any atom is -0.496 e. The summed E-state index contributed by atoms with van der Waals surface area (Å²) in [5.41, 5.74) is 2.42. The lowest BCUT2D eigenvalue weighted by atomic mass is 10.1. The number of hydrogen-bond acceptors (Lipinski definition) is 4. The van der Waals surface area contributed by atoms with Crippen LogP contribution in [-0.4, -0.2) is 21.9 Å². The van der Waals surface area contributed by atoms with Crippen LogP contribution in [0.2, 0.25) is 0 Å². The van der Waals surface area contributed by atoms with E-state index in [4.69, 9.17) is 4.74 Å². The van der Waals surface area contributed by atoms with Crippen molar-refractivity contribution in [3.63, 3.8) is 0 Å². The molecule has 0 fully saturated rings. The summed E-state index contributed by atoms with van der Waals surface area (Å²) in [6.45, 7) is 6.06. The van der Waals surface area contributed by atoms with Gasteiger partial charge in [0.2, 0.25) is 0 Å². The van der Waals surface area contributed by atoms with Crippen molar-refractivity contribution >= 4 is 0 Å². The van der Waals surface area contributed by atoms with E-state index in [0.717, 1.165) is 36.9 Å². The maximum absolute atomic E-state index is 5.46. The van der Waals surface area contributed by atoms with Gasteiger partial charge in [0.05, 0.1) is 13.2 Å². The fourth-order valence-corrected chi connectivity index (χ4v) is 3.23. The third kappa shape index (κ3) is 3.55. The van der Waals surface area contributed by atoms with Crippen LogP contribution in [0.5, 0.6) is 5.75 Å². The van der Waals surface area contributed by atoms with Crippen LogP contribution in [0.1, 0.15) is 55.0 Å². The number of methoxy groups -OCH3 is 1. The lowest BCUT2D eigenvalue weighted by Gasteiger charge is -2.17. The highest BCUT2D eigenvalue weighted by molar-refractivity contribution is 5.36. The van der Waals surface area contributed by atoms with Crippen molar-refractivity contribution in [2.75, 3.05) is 7.11 Å². The molecule has 0 aliphatic carbocycles. The van der Waals surface area contributed by atoms with Crippen molar-refractivity contribution in [1.82, 2.24) is 20.1 Å². The maximum atomic E-state index is 5.46. The molecule has 124 valence electrons. The first-order valence-electron chi connectivity index (χ1n) is 8.48. The Morgan fingerprint density at radius 1 is 1.26 bits per heavy atom. The number of nitrogens with one attached hydrogen (secondary N) is 1. The lowest BCUT2D eigenvalue weighted by Crippen LogP contribution is -2.22. The number of benzene rings is 1. The molecular formula is C18H26N4O. The summed E-state index contributed by atoms with van der Waals surface area (Å²) in [5, 5.41) is 12.4. The van der Waals surface area contributed by atoms with Crippen molar-refractivity contribution in [2.45, 2.75) is 58.7 Å². The van der Waals surface area contributed by atoms with Gasteiger partial charge in [-0.3, -0.25) is 0 Å². The maximum Gasteiger partial charge on any atom is 0.149 e. The van der Waals surface area contributed by atoms with E-state index in [0.29, 0.717) is 0 Å². The molecule has 0 unspecified atom stereocenters. The fraction of sp³-hybridized carbons (Fsp3) is 0.556. The average molecular weight is 314 g/mol. The molecule has 0 bridgehead atoms. The Bertz CT molecular complexity index is 665. The number of nitrogens with zero attached hydrogens (tertiary/aromatic N) is 3. The first-order chi connectivity index (χ1) is 11.2. The van der Waals surface area contributed by atoms with Crippen LogP contribution >= 0.6 is 0 Å². The van der Waals surface area contributed by atoms with Gasteiger partial charge in [0, 0.05) is 25.1 Å². The zero-order valence-corrected chi connectivity index (χ0v) is 14.3. The van der Waals surface area contributed by atoms with Gasteiger partial charge >= 0.3 is 0 Å². The van der Waals surface area contributed by atoms with Crippen LogP contribution < -0.4 is 10.1 Å². The first-order valence-corrected chi connectivity index (χ1v) is 8.48.